The molecule has 2 aliphatic carbocycles. The molecule has 1 aromatic heterocycles. The number of pyridine rings is 1. The molecule has 7 heteroatoms. The van der Waals surface area contributed by atoms with Crippen molar-refractivity contribution in [1.29, 1.82) is 0 Å². The van der Waals surface area contributed by atoms with Gasteiger partial charge in [0.05, 0.1) is 5.92 Å². The third-order valence-electron chi connectivity index (χ3n) is 10.3. The molecule has 0 radical (unpaired) electrons. The van der Waals surface area contributed by atoms with Crippen molar-refractivity contribution in [2.45, 2.75) is 160 Å². The molecule has 0 aromatic carbocycles. The van der Waals surface area contributed by atoms with Crippen LogP contribution in [0.3, 0.4) is 0 Å². The Morgan fingerprint density at radius 3 is 1.79 bits per heavy atom. The predicted molar refractivity (Wildman–Crippen MR) is 165 cm³/mol. The smallest absolute Gasteiger partial charge is 0.357 e. The van der Waals surface area contributed by atoms with Crippen LogP contribution in [0.25, 0.3) is 0 Å². The van der Waals surface area contributed by atoms with Gasteiger partial charge < -0.3 is 20.1 Å². The third kappa shape index (κ3) is 7.74. The van der Waals surface area contributed by atoms with Crippen molar-refractivity contribution in [3.63, 3.8) is 0 Å². The second kappa shape index (κ2) is 11.5. The molecule has 4 atom stereocenters. The molecule has 0 amide bonds. The fourth-order valence-electron chi connectivity index (χ4n) is 9.27. The predicted octanol–water partition coefficient (Wildman–Crippen LogP) is 6.70. The normalized spacial score (nSPS) is 32.4. The summed E-state index contributed by atoms with van der Waals surface area (Å²) >= 11 is 0. The van der Waals surface area contributed by atoms with E-state index in [0.717, 1.165) is 64.2 Å². The molecule has 5 rings (SSSR count). The van der Waals surface area contributed by atoms with Crippen molar-refractivity contribution >= 4 is 11.9 Å². The summed E-state index contributed by atoms with van der Waals surface area (Å²) in [7, 11) is 0. The first-order chi connectivity index (χ1) is 19.5. The van der Waals surface area contributed by atoms with Crippen LogP contribution >= 0.6 is 0 Å². The van der Waals surface area contributed by atoms with Gasteiger partial charge >= 0.3 is 11.9 Å². The summed E-state index contributed by atoms with van der Waals surface area (Å²) in [5.74, 6) is 1.42. The number of rotatable bonds is 5. The van der Waals surface area contributed by atoms with Crippen molar-refractivity contribution in [3.05, 3.63) is 29.6 Å². The van der Waals surface area contributed by atoms with Gasteiger partial charge in [-0.25, -0.2) is 9.78 Å². The standard InChI is InChI=1S/C35H55N3O4/c1-32(2)17-27(18-33(3,4)37-32)41-30(39)25-12-11-22-15-24(10-9-23(22)16-25)26-13-14-29(36-21-26)31(40)42-28-19-34(5,6)38-35(7,8)20-28/h13-14,21-25,27-28,37-38H,9-12,15-20H2,1-8H3. The van der Waals surface area contributed by atoms with Crippen LogP contribution < -0.4 is 10.6 Å². The number of fused-ring (bicyclic) bond motifs is 1. The van der Waals surface area contributed by atoms with Crippen LogP contribution in [-0.4, -0.2) is 51.3 Å². The molecule has 42 heavy (non-hydrogen) atoms. The molecule has 2 aliphatic heterocycles. The highest BCUT2D eigenvalue weighted by Crippen LogP contribution is 2.48. The van der Waals surface area contributed by atoms with E-state index in [0.29, 0.717) is 23.4 Å². The molecular formula is C35H55N3O4. The summed E-state index contributed by atoms with van der Waals surface area (Å²) < 4.78 is 12.1. The number of hydrogen-bond acceptors (Lipinski definition) is 7. The van der Waals surface area contributed by atoms with E-state index in [1.54, 1.807) is 0 Å². The number of ether oxygens (including phenoxy) is 2. The minimum absolute atomic E-state index is 0.0108. The number of aromatic nitrogens is 1. The Labute approximate surface area is 253 Å². The number of piperidine rings is 2. The van der Waals surface area contributed by atoms with E-state index in [2.05, 4.69) is 77.1 Å². The molecule has 0 spiro atoms. The lowest BCUT2D eigenvalue weighted by Crippen LogP contribution is -2.59. The van der Waals surface area contributed by atoms with Gasteiger partial charge in [-0.1, -0.05) is 6.07 Å². The van der Waals surface area contributed by atoms with E-state index in [9.17, 15) is 9.59 Å². The Bertz CT molecular complexity index is 1110. The van der Waals surface area contributed by atoms with Gasteiger partial charge in [-0.05, 0) is 123 Å². The van der Waals surface area contributed by atoms with E-state index >= 15 is 0 Å². The lowest BCUT2D eigenvalue weighted by molar-refractivity contribution is -0.160. The highest BCUT2D eigenvalue weighted by atomic mass is 16.5. The van der Waals surface area contributed by atoms with Gasteiger partial charge in [0.2, 0.25) is 0 Å². The summed E-state index contributed by atoms with van der Waals surface area (Å²) in [6.07, 6.45) is 11.4. The molecule has 4 fully saturated rings. The quantitative estimate of drug-likeness (QED) is 0.374. The molecular weight excluding hydrogens is 526 g/mol. The zero-order valence-corrected chi connectivity index (χ0v) is 27.3. The van der Waals surface area contributed by atoms with Gasteiger partial charge in [-0.2, -0.15) is 0 Å². The average molecular weight is 582 g/mol. The Balaban J connectivity index is 1.11. The molecule has 2 saturated heterocycles. The Hall–Kier alpha value is -1.99. The number of carbonyl (C=O) groups is 2. The zero-order valence-electron chi connectivity index (χ0n) is 27.3. The fraction of sp³-hybridized carbons (Fsp3) is 0.800. The number of nitrogens with one attached hydrogen (secondary N) is 2. The topological polar surface area (TPSA) is 89.6 Å². The number of nitrogens with zero attached hydrogens (tertiary/aromatic N) is 1. The van der Waals surface area contributed by atoms with Crippen LogP contribution in [0.4, 0.5) is 0 Å². The monoisotopic (exact) mass is 581 g/mol. The van der Waals surface area contributed by atoms with Crippen molar-refractivity contribution in [2.75, 3.05) is 0 Å². The first-order valence-electron chi connectivity index (χ1n) is 16.4. The third-order valence-corrected chi connectivity index (χ3v) is 10.3. The zero-order chi connectivity index (χ0) is 30.5. The van der Waals surface area contributed by atoms with E-state index < -0.39 is 0 Å². The number of hydrogen-bond donors (Lipinski definition) is 2. The van der Waals surface area contributed by atoms with Crippen LogP contribution in [0.15, 0.2) is 18.3 Å². The second-order valence-electron chi connectivity index (χ2n) is 16.7. The fourth-order valence-corrected chi connectivity index (χ4v) is 9.27. The lowest BCUT2D eigenvalue weighted by Gasteiger charge is -2.46. The Morgan fingerprint density at radius 1 is 0.714 bits per heavy atom. The second-order valence-corrected chi connectivity index (χ2v) is 16.7. The van der Waals surface area contributed by atoms with Crippen molar-refractivity contribution in [3.8, 4) is 0 Å². The van der Waals surface area contributed by atoms with Crippen molar-refractivity contribution < 1.29 is 19.1 Å². The van der Waals surface area contributed by atoms with Crippen molar-refractivity contribution in [1.82, 2.24) is 15.6 Å². The van der Waals surface area contributed by atoms with Gasteiger partial charge in [0.15, 0.2) is 0 Å². The molecule has 4 unspecified atom stereocenters. The maximum Gasteiger partial charge on any atom is 0.357 e. The average Bonchev–Trinajstić information content (AvgIpc) is 2.84. The first kappa shape index (κ1) is 31.4. The van der Waals surface area contributed by atoms with E-state index in [1.807, 2.05) is 12.3 Å². The molecule has 4 aliphatic rings. The number of esters is 2. The van der Waals surface area contributed by atoms with Crippen LogP contribution in [0.1, 0.15) is 142 Å². The Kier molecular flexibility index (Phi) is 8.61. The van der Waals surface area contributed by atoms with E-state index in [1.165, 1.54) is 5.56 Å². The van der Waals surface area contributed by atoms with E-state index in [4.69, 9.17) is 9.47 Å². The highest BCUT2D eigenvalue weighted by Gasteiger charge is 2.43. The molecule has 0 bridgehead atoms. The van der Waals surface area contributed by atoms with Crippen LogP contribution in [0, 0.1) is 17.8 Å². The molecule has 234 valence electrons. The van der Waals surface area contributed by atoms with Crippen molar-refractivity contribution in [2.24, 2.45) is 17.8 Å². The maximum absolute atomic E-state index is 13.2. The molecule has 7 nitrogen and oxygen atoms in total. The summed E-state index contributed by atoms with van der Waals surface area (Å²) in [5, 5.41) is 7.32. The molecule has 2 saturated carbocycles. The summed E-state index contributed by atoms with van der Waals surface area (Å²) in [6, 6.07) is 3.92. The largest absolute Gasteiger partial charge is 0.462 e. The lowest BCUT2D eigenvalue weighted by atomic mass is 9.64. The molecule has 2 N–H and O–H groups in total. The highest BCUT2D eigenvalue weighted by molar-refractivity contribution is 5.87. The van der Waals surface area contributed by atoms with E-state index in [-0.39, 0.29) is 52.2 Å². The summed E-state index contributed by atoms with van der Waals surface area (Å²) in [6.45, 7) is 17.4. The Morgan fingerprint density at radius 2 is 1.24 bits per heavy atom. The first-order valence-corrected chi connectivity index (χ1v) is 16.4. The van der Waals surface area contributed by atoms with Crippen LogP contribution in [-0.2, 0) is 14.3 Å². The van der Waals surface area contributed by atoms with Gasteiger partial charge in [-0.3, -0.25) is 4.79 Å². The summed E-state index contributed by atoms with van der Waals surface area (Å²) in [5.41, 5.74) is 1.39. The van der Waals surface area contributed by atoms with Crippen LogP contribution in [0.5, 0.6) is 0 Å². The molecule has 1 aromatic rings. The maximum atomic E-state index is 13.2. The van der Waals surface area contributed by atoms with Gasteiger partial charge in [-0.15, -0.1) is 0 Å². The number of carbonyl (C=O) groups excluding carboxylic acids is 2. The SMILES string of the molecule is CC1(C)CC(OC(=O)c2ccc(C3CCC4CC(C(=O)OC5CC(C)(C)NC(C)(C)C5)CCC4C3)cn2)CC(C)(C)N1. The summed E-state index contributed by atoms with van der Waals surface area (Å²) in [4.78, 5) is 30.7. The van der Waals surface area contributed by atoms with Gasteiger partial charge in [0.25, 0.3) is 0 Å². The van der Waals surface area contributed by atoms with Gasteiger partial charge in [0, 0.05) is 54.0 Å². The van der Waals surface area contributed by atoms with Crippen LogP contribution in [0.2, 0.25) is 0 Å². The minimum Gasteiger partial charge on any atom is -0.462 e. The minimum atomic E-state index is -0.328. The molecule has 3 heterocycles. The van der Waals surface area contributed by atoms with Gasteiger partial charge in [0.1, 0.15) is 17.9 Å².